The Hall–Kier alpha value is -1.92. The third-order valence-electron chi connectivity index (χ3n) is 5.73. The highest BCUT2D eigenvalue weighted by Crippen LogP contribution is 2.31. The lowest BCUT2D eigenvalue weighted by atomic mass is 9.89. The van der Waals surface area contributed by atoms with Crippen LogP contribution in [-0.2, 0) is 15.9 Å². The molecular formula is C23H34N2O4. The van der Waals surface area contributed by atoms with Crippen LogP contribution in [0.15, 0.2) is 24.3 Å². The standard InChI is InChI=1S/C23H34N2O4/c1-18(26)20-7-5-19(6-8-20)9-12-24-15-16-28-23(17-24)10-13-25(14-11-23)21(27)29-22(2,3)4/h5-8H,9-17H2,1-4H3. The van der Waals surface area contributed by atoms with Crippen molar-refractivity contribution in [2.75, 3.05) is 39.3 Å². The number of nitrogens with zero attached hydrogens (tertiary/aromatic N) is 2. The van der Waals surface area contributed by atoms with Crippen molar-refractivity contribution in [3.05, 3.63) is 35.4 Å². The quantitative estimate of drug-likeness (QED) is 0.721. The largest absolute Gasteiger partial charge is 0.444 e. The molecule has 2 aliphatic heterocycles. The fourth-order valence-electron chi connectivity index (χ4n) is 4.03. The fourth-order valence-corrected chi connectivity index (χ4v) is 4.03. The van der Waals surface area contributed by atoms with Crippen LogP contribution < -0.4 is 0 Å². The van der Waals surface area contributed by atoms with Crippen LogP contribution in [0.2, 0.25) is 0 Å². The van der Waals surface area contributed by atoms with E-state index in [4.69, 9.17) is 9.47 Å². The van der Waals surface area contributed by atoms with E-state index < -0.39 is 5.60 Å². The highest BCUT2D eigenvalue weighted by atomic mass is 16.6. The summed E-state index contributed by atoms with van der Waals surface area (Å²) in [5, 5.41) is 0. The van der Waals surface area contributed by atoms with E-state index in [0.29, 0.717) is 13.1 Å². The molecule has 0 unspecified atom stereocenters. The molecule has 2 fully saturated rings. The Morgan fingerprint density at radius 2 is 1.76 bits per heavy atom. The van der Waals surface area contributed by atoms with Gasteiger partial charge in [0.1, 0.15) is 5.60 Å². The van der Waals surface area contributed by atoms with Gasteiger partial charge in [-0.15, -0.1) is 0 Å². The molecule has 0 radical (unpaired) electrons. The summed E-state index contributed by atoms with van der Waals surface area (Å²) in [7, 11) is 0. The van der Waals surface area contributed by atoms with Gasteiger partial charge in [-0.2, -0.15) is 0 Å². The molecule has 1 aromatic rings. The summed E-state index contributed by atoms with van der Waals surface area (Å²) in [6, 6.07) is 7.91. The van der Waals surface area contributed by atoms with Gasteiger partial charge in [-0.05, 0) is 52.5 Å². The van der Waals surface area contributed by atoms with Crippen molar-refractivity contribution < 1.29 is 19.1 Å². The van der Waals surface area contributed by atoms with Crippen LogP contribution in [0.25, 0.3) is 0 Å². The number of rotatable bonds is 4. The topological polar surface area (TPSA) is 59.1 Å². The molecule has 0 aliphatic carbocycles. The smallest absolute Gasteiger partial charge is 0.410 e. The number of carbonyl (C=O) groups is 2. The van der Waals surface area contributed by atoms with Gasteiger partial charge in [0.15, 0.2) is 5.78 Å². The van der Waals surface area contributed by atoms with Gasteiger partial charge in [-0.3, -0.25) is 9.69 Å². The summed E-state index contributed by atoms with van der Waals surface area (Å²) >= 11 is 0. The van der Waals surface area contributed by atoms with Crippen molar-refractivity contribution in [1.29, 1.82) is 0 Å². The number of morpholine rings is 1. The van der Waals surface area contributed by atoms with Gasteiger partial charge < -0.3 is 14.4 Å². The summed E-state index contributed by atoms with van der Waals surface area (Å²) in [5.74, 6) is 0.101. The summed E-state index contributed by atoms with van der Waals surface area (Å²) < 4.78 is 11.7. The minimum Gasteiger partial charge on any atom is -0.444 e. The molecule has 1 amide bonds. The lowest BCUT2D eigenvalue weighted by Gasteiger charge is -2.47. The molecule has 1 spiro atoms. The van der Waals surface area contributed by atoms with Gasteiger partial charge in [0.2, 0.25) is 0 Å². The van der Waals surface area contributed by atoms with E-state index in [1.165, 1.54) is 5.56 Å². The zero-order chi connectivity index (χ0) is 21.1. The second-order valence-electron chi connectivity index (χ2n) is 9.28. The number of hydrogen-bond donors (Lipinski definition) is 0. The van der Waals surface area contributed by atoms with Crippen LogP contribution in [0, 0.1) is 0 Å². The molecule has 6 heteroatoms. The number of likely N-dealkylation sites (tertiary alicyclic amines) is 1. The molecule has 160 valence electrons. The predicted octanol–water partition coefficient (Wildman–Crippen LogP) is 3.53. The van der Waals surface area contributed by atoms with Crippen molar-refractivity contribution in [3.63, 3.8) is 0 Å². The first-order chi connectivity index (χ1) is 13.7. The Morgan fingerprint density at radius 1 is 1.10 bits per heavy atom. The predicted molar refractivity (Wildman–Crippen MR) is 112 cm³/mol. The molecule has 0 saturated carbocycles. The Kier molecular flexibility index (Phi) is 6.64. The van der Waals surface area contributed by atoms with Crippen molar-refractivity contribution in [3.8, 4) is 0 Å². The molecule has 1 aromatic carbocycles. The highest BCUT2D eigenvalue weighted by molar-refractivity contribution is 5.94. The Bertz CT molecular complexity index is 715. The number of ketones is 1. The van der Waals surface area contributed by atoms with E-state index in [0.717, 1.165) is 51.1 Å². The van der Waals surface area contributed by atoms with Crippen molar-refractivity contribution >= 4 is 11.9 Å². The maximum absolute atomic E-state index is 12.3. The number of carbonyl (C=O) groups excluding carboxylic acids is 2. The summed E-state index contributed by atoms with van der Waals surface area (Å²) in [6.07, 6.45) is 2.42. The number of hydrogen-bond acceptors (Lipinski definition) is 5. The minimum atomic E-state index is -0.465. The first-order valence-corrected chi connectivity index (χ1v) is 10.6. The van der Waals surface area contributed by atoms with E-state index in [9.17, 15) is 9.59 Å². The minimum absolute atomic E-state index is 0.101. The van der Waals surface area contributed by atoms with E-state index >= 15 is 0 Å². The Labute approximate surface area is 174 Å². The normalized spacial score (nSPS) is 19.9. The molecular weight excluding hydrogens is 368 g/mol. The van der Waals surface area contributed by atoms with Crippen molar-refractivity contribution in [2.45, 2.75) is 58.2 Å². The maximum Gasteiger partial charge on any atom is 0.410 e. The van der Waals surface area contributed by atoms with Crippen LogP contribution in [0.1, 0.15) is 56.5 Å². The zero-order valence-electron chi connectivity index (χ0n) is 18.2. The van der Waals surface area contributed by atoms with Crippen LogP contribution in [0.4, 0.5) is 4.79 Å². The number of ether oxygens (including phenoxy) is 2. The molecule has 2 aliphatic rings. The van der Waals surface area contributed by atoms with Crippen molar-refractivity contribution in [2.24, 2.45) is 0 Å². The number of amides is 1. The lowest BCUT2D eigenvalue weighted by Crippen LogP contribution is -2.58. The lowest BCUT2D eigenvalue weighted by molar-refractivity contribution is -0.134. The van der Waals surface area contributed by atoms with Crippen LogP contribution in [0.3, 0.4) is 0 Å². The average Bonchev–Trinajstić information content (AvgIpc) is 2.66. The van der Waals surface area contributed by atoms with Crippen molar-refractivity contribution in [1.82, 2.24) is 9.80 Å². The number of Topliss-reactive ketones (excluding diaryl/α,β-unsaturated/α-hetero) is 1. The Balaban J connectivity index is 1.49. The van der Waals surface area contributed by atoms with Gasteiger partial charge >= 0.3 is 6.09 Å². The molecule has 0 atom stereocenters. The second kappa shape index (κ2) is 8.84. The molecule has 6 nitrogen and oxygen atoms in total. The Morgan fingerprint density at radius 3 is 2.34 bits per heavy atom. The molecule has 2 heterocycles. The van der Waals surface area contributed by atoms with Gasteiger partial charge in [0, 0.05) is 38.3 Å². The fraction of sp³-hybridized carbons (Fsp3) is 0.652. The maximum atomic E-state index is 12.3. The first kappa shape index (κ1) is 21.8. The van der Waals surface area contributed by atoms with Gasteiger partial charge in [-0.25, -0.2) is 4.79 Å². The third-order valence-corrected chi connectivity index (χ3v) is 5.73. The first-order valence-electron chi connectivity index (χ1n) is 10.6. The second-order valence-corrected chi connectivity index (χ2v) is 9.28. The third kappa shape index (κ3) is 6.03. The summed E-state index contributed by atoms with van der Waals surface area (Å²) in [4.78, 5) is 28.0. The van der Waals surface area contributed by atoms with E-state index in [2.05, 4.69) is 4.90 Å². The average molecular weight is 403 g/mol. The number of benzene rings is 1. The molecule has 0 bridgehead atoms. The molecule has 0 aromatic heterocycles. The van der Waals surface area contributed by atoms with E-state index in [-0.39, 0.29) is 17.5 Å². The molecule has 0 N–H and O–H groups in total. The van der Waals surface area contributed by atoms with Crippen LogP contribution in [-0.4, -0.2) is 72.2 Å². The van der Waals surface area contributed by atoms with Gasteiger partial charge in [-0.1, -0.05) is 24.3 Å². The van der Waals surface area contributed by atoms with Crippen LogP contribution >= 0.6 is 0 Å². The molecule has 2 saturated heterocycles. The van der Waals surface area contributed by atoms with Crippen LogP contribution in [0.5, 0.6) is 0 Å². The number of piperidine rings is 1. The summed E-state index contributed by atoms with van der Waals surface area (Å²) in [6.45, 7) is 12.2. The summed E-state index contributed by atoms with van der Waals surface area (Å²) in [5.41, 5.74) is 1.38. The van der Waals surface area contributed by atoms with E-state index in [1.807, 2.05) is 45.0 Å². The highest BCUT2D eigenvalue weighted by Gasteiger charge is 2.41. The van der Waals surface area contributed by atoms with Gasteiger partial charge in [0.25, 0.3) is 0 Å². The monoisotopic (exact) mass is 402 g/mol. The van der Waals surface area contributed by atoms with Gasteiger partial charge in [0.05, 0.1) is 12.2 Å². The molecule has 29 heavy (non-hydrogen) atoms. The zero-order valence-corrected chi connectivity index (χ0v) is 18.2. The van der Waals surface area contributed by atoms with E-state index in [1.54, 1.807) is 11.8 Å². The molecule has 3 rings (SSSR count). The SMILES string of the molecule is CC(=O)c1ccc(CCN2CCOC3(CCN(C(=O)OC(C)(C)C)CC3)C2)cc1.